The van der Waals surface area contributed by atoms with E-state index in [1.807, 2.05) is 13.8 Å². The SMILES string of the molecule is CC(C)c1c(C(=O)N2CCCNC(=O)C2C)cnn1-c1ccc(F)cc1. The van der Waals surface area contributed by atoms with Crippen LogP contribution >= 0.6 is 0 Å². The Morgan fingerprint density at radius 3 is 2.65 bits per heavy atom. The number of carbonyl (C=O) groups excluding carboxylic acids is 2. The number of amides is 2. The third-order valence-electron chi connectivity index (χ3n) is 4.64. The lowest BCUT2D eigenvalue weighted by atomic mass is 10.0. The fourth-order valence-electron chi connectivity index (χ4n) is 3.24. The van der Waals surface area contributed by atoms with Crippen molar-refractivity contribution in [1.29, 1.82) is 0 Å². The highest BCUT2D eigenvalue weighted by molar-refractivity contribution is 5.98. The van der Waals surface area contributed by atoms with Crippen LogP contribution in [0.2, 0.25) is 0 Å². The predicted molar refractivity (Wildman–Crippen MR) is 95.7 cm³/mol. The van der Waals surface area contributed by atoms with Crippen molar-refractivity contribution in [2.45, 2.75) is 39.2 Å². The Labute approximate surface area is 152 Å². The number of rotatable bonds is 3. The first-order chi connectivity index (χ1) is 12.4. The van der Waals surface area contributed by atoms with Gasteiger partial charge in [-0.1, -0.05) is 13.8 Å². The van der Waals surface area contributed by atoms with Crippen molar-refractivity contribution in [2.75, 3.05) is 13.1 Å². The summed E-state index contributed by atoms with van der Waals surface area (Å²) in [6.07, 6.45) is 2.25. The summed E-state index contributed by atoms with van der Waals surface area (Å²) >= 11 is 0. The summed E-state index contributed by atoms with van der Waals surface area (Å²) in [7, 11) is 0. The second kappa shape index (κ2) is 7.27. The van der Waals surface area contributed by atoms with E-state index in [4.69, 9.17) is 0 Å². The normalized spacial score (nSPS) is 18.0. The van der Waals surface area contributed by atoms with E-state index in [0.29, 0.717) is 30.8 Å². The van der Waals surface area contributed by atoms with Gasteiger partial charge in [0, 0.05) is 13.1 Å². The molecule has 0 radical (unpaired) electrons. The first-order valence-corrected chi connectivity index (χ1v) is 8.82. The third kappa shape index (κ3) is 3.34. The van der Waals surface area contributed by atoms with Gasteiger partial charge in [0.2, 0.25) is 5.91 Å². The zero-order chi connectivity index (χ0) is 18.8. The van der Waals surface area contributed by atoms with Gasteiger partial charge in [-0.2, -0.15) is 5.10 Å². The molecule has 0 saturated carbocycles. The molecule has 1 N–H and O–H groups in total. The van der Waals surface area contributed by atoms with Crippen molar-refractivity contribution in [1.82, 2.24) is 20.0 Å². The molecule has 1 aliphatic rings. The van der Waals surface area contributed by atoms with E-state index in [-0.39, 0.29) is 23.5 Å². The summed E-state index contributed by atoms with van der Waals surface area (Å²) in [6.45, 7) is 6.77. The van der Waals surface area contributed by atoms with E-state index in [1.165, 1.54) is 18.3 Å². The Kier molecular flexibility index (Phi) is 5.06. The largest absolute Gasteiger partial charge is 0.354 e. The molecule has 2 amide bonds. The van der Waals surface area contributed by atoms with Crippen molar-refractivity contribution in [2.24, 2.45) is 0 Å². The van der Waals surface area contributed by atoms with Gasteiger partial charge in [-0.15, -0.1) is 0 Å². The van der Waals surface area contributed by atoms with Crippen LogP contribution in [-0.2, 0) is 4.79 Å². The summed E-state index contributed by atoms with van der Waals surface area (Å²) in [4.78, 5) is 26.8. The third-order valence-corrected chi connectivity index (χ3v) is 4.64. The number of halogens is 1. The van der Waals surface area contributed by atoms with Gasteiger partial charge in [-0.25, -0.2) is 9.07 Å². The Morgan fingerprint density at radius 2 is 2.00 bits per heavy atom. The number of carbonyl (C=O) groups is 2. The lowest BCUT2D eigenvalue weighted by Gasteiger charge is -2.26. The summed E-state index contributed by atoms with van der Waals surface area (Å²) in [6, 6.07) is 5.46. The fourth-order valence-corrected chi connectivity index (χ4v) is 3.24. The molecule has 7 heteroatoms. The maximum absolute atomic E-state index is 13.2. The maximum atomic E-state index is 13.2. The minimum Gasteiger partial charge on any atom is -0.354 e. The van der Waals surface area contributed by atoms with Gasteiger partial charge in [-0.3, -0.25) is 9.59 Å². The molecule has 0 aliphatic carbocycles. The van der Waals surface area contributed by atoms with Crippen molar-refractivity contribution in [3.63, 3.8) is 0 Å². The van der Waals surface area contributed by atoms with Crippen LogP contribution in [0.1, 0.15) is 49.2 Å². The van der Waals surface area contributed by atoms with Gasteiger partial charge >= 0.3 is 0 Å². The Hall–Kier alpha value is -2.70. The van der Waals surface area contributed by atoms with Crippen LogP contribution in [0.15, 0.2) is 30.5 Å². The van der Waals surface area contributed by atoms with Gasteiger partial charge in [0.1, 0.15) is 11.9 Å². The molecule has 1 unspecified atom stereocenters. The molecule has 138 valence electrons. The fraction of sp³-hybridized carbons (Fsp3) is 0.421. The maximum Gasteiger partial charge on any atom is 0.258 e. The van der Waals surface area contributed by atoms with E-state index in [9.17, 15) is 14.0 Å². The zero-order valence-corrected chi connectivity index (χ0v) is 15.2. The van der Waals surface area contributed by atoms with E-state index in [2.05, 4.69) is 10.4 Å². The van der Waals surface area contributed by atoms with Gasteiger partial charge in [0.05, 0.1) is 23.1 Å². The molecule has 2 aromatic rings. The number of hydrogen-bond acceptors (Lipinski definition) is 3. The van der Waals surface area contributed by atoms with Crippen molar-refractivity contribution >= 4 is 11.8 Å². The van der Waals surface area contributed by atoms with Crippen LogP contribution < -0.4 is 5.32 Å². The van der Waals surface area contributed by atoms with Crippen molar-refractivity contribution in [3.8, 4) is 5.69 Å². The van der Waals surface area contributed by atoms with Crippen LogP contribution in [0, 0.1) is 5.82 Å². The van der Waals surface area contributed by atoms with Gasteiger partial charge in [-0.05, 0) is 43.5 Å². The summed E-state index contributed by atoms with van der Waals surface area (Å²) < 4.78 is 14.9. The van der Waals surface area contributed by atoms with Crippen molar-refractivity contribution in [3.05, 3.63) is 47.5 Å². The standard InChI is InChI=1S/C19H23FN4O2/c1-12(2)17-16(11-22-24(17)15-7-5-14(20)6-8-15)19(26)23-10-4-9-21-18(25)13(23)3/h5-8,11-13H,4,9-10H2,1-3H3,(H,21,25). The smallest absolute Gasteiger partial charge is 0.258 e. The minimum absolute atomic E-state index is 0.0256. The quantitative estimate of drug-likeness (QED) is 0.917. The van der Waals surface area contributed by atoms with Gasteiger partial charge < -0.3 is 10.2 Å². The van der Waals surface area contributed by atoms with Crippen molar-refractivity contribution < 1.29 is 14.0 Å². The highest BCUT2D eigenvalue weighted by Gasteiger charge is 2.31. The average molecular weight is 358 g/mol. The first-order valence-electron chi connectivity index (χ1n) is 8.82. The number of benzene rings is 1. The highest BCUT2D eigenvalue weighted by Crippen LogP contribution is 2.25. The van der Waals surface area contributed by atoms with E-state index < -0.39 is 6.04 Å². The molecule has 1 aromatic carbocycles. The molecular weight excluding hydrogens is 335 g/mol. The van der Waals surface area contributed by atoms with E-state index >= 15 is 0 Å². The Bertz CT molecular complexity index is 813. The Morgan fingerprint density at radius 1 is 1.31 bits per heavy atom. The van der Waals surface area contributed by atoms with Crippen LogP contribution in [0.3, 0.4) is 0 Å². The zero-order valence-electron chi connectivity index (χ0n) is 15.2. The van der Waals surface area contributed by atoms with Gasteiger partial charge in [0.25, 0.3) is 5.91 Å². The van der Waals surface area contributed by atoms with Crippen LogP contribution in [-0.4, -0.2) is 45.6 Å². The monoisotopic (exact) mass is 358 g/mol. The number of nitrogens with zero attached hydrogens (tertiary/aromatic N) is 3. The summed E-state index contributed by atoms with van der Waals surface area (Å²) in [5, 5.41) is 7.18. The van der Waals surface area contributed by atoms with Crippen LogP contribution in [0.4, 0.5) is 4.39 Å². The lowest BCUT2D eigenvalue weighted by molar-refractivity contribution is -0.124. The van der Waals surface area contributed by atoms with E-state index in [0.717, 1.165) is 5.69 Å². The summed E-state index contributed by atoms with van der Waals surface area (Å²) in [5.74, 6) is -0.648. The number of aromatic nitrogens is 2. The molecule has 1 atom stereocenters. The predicted octanol–water partition coefficient (Wildman–Crippen LogP) is 2.49. The van der Waals surface area contributed by atoms with Crippen LogP contribution in [0.5, 0.6) is 0 Å². The second-order valence-corrected chi connectivity index (χ2v) is 6.81. The molecule has 6 nitrogen and oxygen atoms in total. The van der Waals surface area contributed by atoms with Crippen LogP contribution in [0.25, 0.3) is 5.69 Å². The van der Waals surface area contributed by atoms with E-state index in [1.54, 1.807) is 28.6 Å². The topological polar surface area (TPSA) is 67.2 Å². The average Bonchev–Trinajstić information content (AvgIpc) is 2.99. The first kappa shape index (κ1) is 18.1. The second-order valence-electron chi connectivity index (χ2n) is 6.81. The van der Waals surface area contributed by atoms with Gasteiger partial charge in [0.15, 0.2) is 0 Å². The molecule has 26 heavy (non-hydrogen) atoms. The molecule has 3 rings (SSSR count). The molecule has 1 fully saturated rings. The Balaban J connectivity index is 2.01. The lowest BCUT2D eigenvalue weighted by Crippen LogP contribution is -2.45. The highest BCUT2D eigenvalue weighted by atomic mass is 19.1. The molecular formula is C19H23FN4O2. The molecule has 2 heterocycles. The molecule has 0 bridgehead atoms. The number of hydrogen-bond donors (Lipinski definition) is 1. The summed E-state index contributed by atoms with van der Waals surface area (Å²) in [5.41, 5.74) is 1.92. The number of nitrogens with one attached hydrogen (secondary N) is 1. The molecule has 1 saturated heterocycles. The minimum atomic E-state index is -0.529. The molecule has 0 spiro atoms. The molecule has 1 aromatic heterocycles. The molecule has 1 aliphatic heterocycles.